The van der Waals surface area contributed by atoms with Crippen LogP contribution in [-0.4, -0.2) is 17.6 Å². The molecule has 0 fully saturated rings. The van der Waals surface area contributed by atoms with Crippen molar-refractivity contribution in [2.75, 3.05) is 6.61 Å². The third-order valence-electron chi connectivity index (χ3n) is 2.23. The number of alkyl halides is 5. The fourth-order valence-corrected chi connectivity index (χ4v) is 1.47. The van der Waals surface area contributed by atoms with E-state index in [-0.39, 0.29) is 12.8 Å². The third-order valence-corrected chi connectivity index (χ3v) is 2.23. The summed E-state index contributed by atoms with van der Waals surface area (Å²) >= 11 is 0. The van der Waals surface area contributed by atoms with Crippen molar-refractivity contribution >= 4 is 5.97 Å². The van der Waals surface area contributed by atoms with Crippen molar-refractivity contribution in [3.63, 3.8) is 0 Å². The van der Waals surface area contributed by atoms with Crippen LogP contribution >= 0.6 is 0 Å². The fourth-order valence-electron chi connectivity index (χ4n) is 1.47. The molecule has 4 nitrogen and oxygen atoms in total. The molecule has 0 spiro atoms. The Hall–Kier alpha value is -2.24. The molecule has 1 aromatic rings. The zero-order valence-corrected chi connectivity index (χ0v) is 9.96. The summed E-state index contributed by atoms with van der Waals surface area (Å²) in [4.78, 5) is 14.6. The Labute approximate surface area is 109 Å². The molecule has 0 bridgehead atoms. The summed E-state index contributed by atoms with van der Waals surface area (Å²) in [7, 11) is 0. The molecule has 0 atom stereocenters. The van der Waals surface area contributed by atoms with Gasteiger partial charge in [0.1, 0.15) is 11.6 Å². The molecule has 0 unspecified atom stereocenters. The molecule has 0 saturated carbocycles. The number of ether oxygens (including phenoxy) is 1. The van der Waals surface area contributed by atoms with Gasteiger partial charge in [-0.1, -0.05) is 0 Å². The average molecular weight is 294 g/mol. The third kappa shape index (κ3) is 3.01. The number of rotatable bonds is 3. The summed E-state index contributed by atoms with van der Waals surface area (Å²) in [6.45, 7) is 1.09. The van der Waals surface area contributed by atoms with Gasteiger partial charge in [-0.25, -0.2) is 18.6 Å². The van der Waals surface area contributed by atoms with Gasteiger partial charge >= 0.3 is 12.1 Å². The van der Waals surface area contributed by atoms with Gasteiger partial charge in [-0.05, 0) is 6.92 Å². The van der Waals surface area contributed by atoms with E-state index in [1.165, 1.54) is 13.0 Å². The fraction of sp³-hybridized carbons (Fsp3) is 0.364. The van der Waals surface area contributed by atoms with Crippen LogP contribution in [0.15, 0.2) is 6.20 Å². The Bertz CT molecular complexity index is 563. The Balaban J connectivity index is 3.68. The van der Waals surface area contributed by atoms with Gasteiger partial charge in [-0.3, -0.25) is 0 Å². The van der Waals surface area contributed by atoms with Gasteiger partial charge in [0, 0.05) is 11.8 Å². The molecule has 1 heterocycles. The molecule has 108 valence electrons. The van der Waals surface area contributed by atoms with E-state index in [9.17, 15) is 26.7 Å². The molecule has 0 aliphatic rings. The van der Waals surface area contributed by atoms with E-state index in [4.69, 9.17) is 5.26 Å². The maximum Gasteiger partial charge on any atom is 0.418 e. The predicted octanol–water partition coefficient (Wildman–Crippen LogP) is 3.09. The zero-order chi connectivity index (χ0) is 15.5. The molecule has 20 heavy (non-hydrogen) atoms. The van der Waals surface area contributed by atoms with E-state index in [0.29, 0.717) is 0 Å². The first kappa shape index (κ1) is 15.8. The molecule has 0 amide bonds. The Morgan fingerprint density at radius 1 is 1.50 bits per heavy atom. The molecule has 0 aliphatic carbocycles. The summed E-state index contributed by atoms with van der Waals surface area (Å²) in [6, 6.07) is 1.30. The van der Waals surface area contributed by atoms with Gasteiger partial charge < -0.3 is 4.74 Å². The van der Waals surface area contributed by atoms with Crippen LogP contribution in [0.2, 0.25) is 0 Å². The maximum atomic E-state index is 12.9. The molecule has 1 rings (SSSR count). The number of nitrogens with zero attached hydrogens (tertiary/aromatic N) is 2. The number of halogens is 5. The van der Waals surface area contributed by atoms with E-state index in [1.807, 2.05) is 0 Å². The van der Waals surface area contributed by atoms with Crippen LogP contribution in [0.3, 0.4) is 0 Å². The number of aromatic nitrogens is 1. The first-order valence-corrected chi connectivity index (χ1v) is 5.19. The lowest BCUT2D eigenvalue weighted by molar-refractivity contribution is -0.139. The number of carbonyl (C=O) groups excluding carboxylic acids is 1. The first-order valence-electron chi connectivity index (χ1n) is 5.19. The SMILES string of the molecule is CCOC(=O)c1c(C#N)ncc(C(F)(F)F)c1C(F)F. The number of hydrogen-bond donors (Lipinski definition) is 0. The second-order valence-corrected chi connectivity index (χ2v) is 3.44. The van der Waals surface area contributed by atoms with Gasteiger partial charge in [0.2, 0.25) is 0 Å². The van der Waals surface area contributed by atoms with Crippen molar-refractivity contribution in [2.45, 2.75) is 19.5 Å². The minimum atomic E-state index is -5.13. The average Bonchev–Trinajstić information content (AvgIpc) is 2.35. The Morgan fingerprint density at radius 3 is 2.50 bits per heavy atom. The van der Waals surface area contributed by atoms with E-state index in [2.05, 4.69) is 9.72 Å². The van der Waals surface area contributed by atoms with Gasteiger partial charge in [-0.15, -0.1) is 0 Å². The van der Waals surface area contributed by atoms with Crippen LogP contribution < -0.4 is 0 Å². The van der Waals surface area contributed by atoms with Gasteiger partial charge in [-0.2, -0.15) is 18.4 Å². The highest BCUT2D eigenvalue weighted by molar-refractivity contribution is 5.93. The molecule has 9 heteroatoms. The van der Waals surface area contributed by atoms with Crippen LogP contribution in [0.1, 0.15) is 40.5 Å². The van der Waals surface area contributed by atoms with Crippen LogP contribution in [0.5, 0.6) is 0 Å². The van der Waals surface area contributed by atoms with Crippen molar-refractivity contribution in [1.82, 2.24) is 4.98 Å². The molecule has 0 aromatic carbocycles. The normalized spacial score (nSPS) is 11.3. The highest BCUT2D eigenvalue weighted by Crippen LogP contribution is 2.38. The number of hydrogen-bond acceptors (Lipinski definition) is 4. The summed E-state index contributed by atoms with van der Waals surface area (Å²) < 4.78 is 68.2. The summed E-state index contributed by atoms with van der Waals surface area (Å²) in [6.07, 6.45) is -8.64. The van der Waals surface area contributed by atoms with Crippen molar-refractivity contribution in [3.8, 4) is 6.07 Å². The molecular weight excluding hydrogens is 287 g/mol. The van der Waals surface area contributed by atoms with E-state index in [0.717, 1.165) is 0 Å². The van der Waals surface area contributed by atoms with Gasteiger partial charge in [0.25, 0.3) is 6.43 Å². The largest absolute Gasteiger partial charge is 0.462 e. The van der Waals surface area contributed by atoms with E-state index < -0.39 is 41.0 Å². The monoisotopic (exact) mass is 294 g/mol. The van der Waals surface area contributed by atoms with Crippen LogP contribution in [0, 0.1) is 11.3 Å². The number of pyridine rings is 1. The minimum absolute atomic E-state index is 0.1000. The summed E-state index contributed by atoms with van der Waals surface area (Å²) in [5.41, 5.74) is -5.36. The molecule has 0 saturated heterocycles. The Morgan fingerprint density at radius 2 is 2.10 bits per heavy atom. The summed E-state index contributed by atoms with van der Waals surface area (Å²) in [5.74, 6) is -1.45. The lowest BCUT2D eigenvalue weighted by atomic mass is 10.0. The predicted molar refractivity (Wildman–Crippen MR) is 54.9 cm³/mol. The maximum absolute atomic E-state index is 12.9. The first-order chi connectivity index (χ1) is 9.23. The van der Waals surface area contributed by atoms with Gasteiger partial charge in [0.15, 0.2) is 5.69 Å². The Kier molecular flexibility index (Phi) is 4.60. The standard InChI is InChI=1S/C11H7F5N2O2/c1-2-20-10(19)8-6(3-17)18-4-5(11(14,15)16)7(8)9(12)13/h4,9H,2H2,1H3. The molecule has 1 aromatic heterocycles. The number of nitriles is 1. The summed E-state index contributed by atoms with van der Waals surface area (Å²) in [5, 5.41) is 8.69. The molecular formula is C11H7F5N2O2. The number of carbonyl (C=O) groups is 1. The lowest BCUT2D eigenvalue weighted by Gasteiger charge is -2.15. The second kappa shape index (κ2) is 5.81. The van der Waals surface area contributed by atoms with E-state index in [1.54, 1.807) is 0 Å². The smallest absolute Gasteiger partial charge is 0.418 e. The molecule has 0 N–H and O–H groups in total. The highest BCUT2D eigenvalue weighted by Gasteiger charge is 2.40. The highest BCUT2D eigenvalue weighted by atomic mass is 19.4. The van der Waals surface area contributed by atoms with Crippen LogP contribution in [-0.2, 0) is 10.9 Å². The number of esters is 1. The van der Waals surface area contributed by atoms with Gasteiger partial charge in [0.05, 0.1) is 12.2 Å². The van der Waals surface area contributed by atoms with E-state index >= 15 is 0 Å². The quantitative estimate of drug-likeness (QED) is 0.635. The van der Waals surface area contributed by atoms with Crippen molar-refractivity contribution in [3.05, 3.63) is 28.6 Å². The second-order valence-electron chi connectivity index (χ2n) is 3.44. The lowest BCUT2D eigenvalue weighted by Crippen LogP contribution is -2.18. The minimum Gasteiger partial charge on any atom is -0.462 e. The van der Waals surface area contributed by atoms with Crippen LogP contribution in [0.25, 0.3) is 0 Å². The van der Waals surface area contributed by atoms with Crippen molar-refractivity contribution < 1.29 is 31.5 Å². The molecule has 0 aliphatic heterocycles. The van der Waals surface area contributed by atoms with Crippen LogP contribution in [0.4, 0.5) is 22.0 Å². The zero-order valence-electron chi connectivity index (χ0n) is 9.96. The molecule has 0 radical (unpaired) electrons. The topological polar surface area (TPSA) is 63.0 Å². The van der Waals surface area contributed by atoms with Crippen molar-refractivity contribution in [2.24, 2.45) is 0 Å². The van der Waals surface area contributed by atoms with Crippen molar-refractivity contribution in [1.29, 1.82) is 5.26 Å².